The lowest BCUT2D eigenvalue weighted by atomic mass is 10.2. The number of hydrogen-bond acceptors (Lipinski definition) is 0. The Bertz CT molecular complexity index is 173. The van der Waals surface area contributed by atoms with Crippen LogP contribution in [0.25, 0.3) is 0 Å². The summed E-state index contributed by atoms with van der Waals surface area (Å²) < 4.78 is 37.3. The largest absolute Gasteiger partial charge is 0.372 e. The van der Waals surface area contributed by atoms with E-state index in [9.17, 15) is 13.2 Å². The van der Waals surface area contributed by atoms with Crippen molar-refractivity contribution in [3.63, 3.8) is 0 Å². The first-order valence-corrected chi connectivity index (χ1v) is 4.69. The lowest BCUT2D eigenvalue weighted by Crippen LogP contribution is -2.31. The Balaban J connectivity index is 4.09. The average molecular weight is 235 g/mol. The second-order valence-corrected chi connectivity index (χ2v) is 3.69. The number of unbranched alkanes of at least 4 members (excludes halogenated alkanes) is 2. The van der Waals surface area contributed by atoms with Gasteiger partial charge < -0.3 is 0 Å². The van der Waals surface area contributed by atoms with Gasteiger partial charge in [-0.05, 0) is 24.1 Å². The zero-order valence-electron chi connectivity index (χ0n) is 7.17. The minimum absolute atomic E-state index is 0.516. The molecule has 0 saturated carbocycles. The Morgan fingerprint density at radius 3 is 2.15 bits per heavy atom. The summed E-state index contributed by atoms with van der Waals surface area (Å²) in [6, 6.07) is 0. The van der Waals surface area contributed by atoms with Gasteiger partial charge in [-0.2, -0.15) is 8.78 Å². The van der Waals surface area contributed by atoms with E-state index in [1.54, 1.807) is 0 Å². The summed E-state index contributed by atoms with van der Waals surface area (Å²) in [6.45, 7) is 1.94. The highest BCUT2D eigenvalue weighted by atomic mass is 35.5. The van der Waals surface area contributed by atoms with Crippen LogP contribution in [-0.2, 0) is 0 Å². The fraction of sp³-hybridized carbons (Fsp3) is 0.750. The van der Waals surface area contributed by atoms with E-state index in [0.29, 0.717) is 12.5 Å². The molecule has 0 aliphatic heterocycles. The van der Waals surface area contributed by atoms with E-state index in [4.69, 9.17) is 11.6 Å². The van der Waals surface area contributed by atoms with Crippen LogP contribution in [0.1, 0.15) is 26.2 Å². The Hall–Kier alpha value is 0.110. The molecule has 13 heavy (non-hydrogen) atoms. The second-order valence-electron chi connectivity index (χ2n) is 2.67. The summed E-state index contributed by atoms with van der Waals surface area (Å²) in [5.41, 5.74) is 0. The molecule has 1 atom stereocenters. The average Bonchev–Trinajstić information content (AvgIpc) is 1.96. The fourth-order valence-electron chi connectivity index (χ4n) is 0.648. The summed E-state index contributed by atoms with van der Waals surface area (Å²) >= 11 is 9.30. The number of hydrogen-bond donors (Lipinski definition) is 0. The molecule has 0 spiro atoms. The summed E-state index contributed by atoms with van der Waals surface area (Å²) in [5.74, 6) is 0. The highest BCUT2D eigenvalue weighted by Gasteiger charge is 2.50. The van der Waals surface area contributed by atoms with Crippen LogP contribution in [0.4, 0.5) is 13.2 Å². The molecule has 1 unspecified atom stereocenters. The molecule has 78 valence electrons. The first kappa shape index (κ1) is 13.1. The van der Waals surface area contributed by atoms with E-state index in [1.807, 2.05) is 6.92 Å². The molecule has 0 N–H and O–H groups in total. The first-order valence-electron chi connectivity index (χ1n) is 3.93. The SMILES string of the molecule is CCCC/C=C/C(F)(Cl)C(F)(F)Cl. The minimum Gasteiger partial charge on any atom is -0.213 e. The number of halogens is 5. The molecule has 0 aromatic heterocycles. The minimum atomic E-state index is -4.07. The highest BCUT2D eigenvalue weighted by Crippen LogP contribution is 2.40. The Labute approximate surface area is 85.7 Å². The lowest BCUT2D eigenvalue weighted by molar-refractivity contribution is 0.00616. The van der Waals surface area contributed by atoms with Crippen molar-refractivity contribution in [3.8, 4) is 0 Å². The summed E-state index contributed by atoms with van der Waals surface area (Å²) in [7, 11) is 0. The van der Waals surface area contributed by atoms with Crippen molar-refractivity contribution in [3.05, 3.63) is 12.2 Å². The van der Waals surface area contributed by atoms with Crippen LogP contribution in [-0.4, -0.2) is 10.5 Å². The van der Waals surface area contributed by atoms with Crippen molar-refractivity contribution in [2.24, 2.45) is 0 Å². The molecule has 0 radical (unpaired) electrons. The van der Waals surface area contributed by atoms with Crippen LogP contribution in [0.5, 0.6) is 0 Å². The zero-order valence-corrected chi connectivity index (χ0v) is 8.68. The molecular formula is C8H11Cl2F3. The molecule has 0 nitrogen and oxygen atoms in total. The smallest absolute Gasteiger partial charge is 0.213 e. The monoisotopic (exact) mass is 234 g/mol. The van der Waals surface area contributed by atoms with Crippen molar-refractivity contribution in [2.45, 2.75) is 36.7 Å². The quantitative estimate of drug-likeness (QED) is 0.374. The predicted molar refractivity (Wildman–Crippen MR) is 49.2 cm³/mol. The van der Waals surface area contributed by atoms with Crippen LogP contribution in [0.2, 0.25) is 0 Å². The van der Waals surface area contributed by atoms with E-state index in [0.717, 1.165) is 12.8 Å². The van der Waals surface area contributed by atoms with Crippen molar-refractivity contribution in [1.29, 1.82) is 0 Å². The lowest BCUT2D eigenvalue weighted by Gasteiger charge is -2.18. The molecule has 0 aromatic carbocycles. The van der Waals surface area contributed by atoms with E-state index < -0.39 is 10.5 Å². The first-order chi connectivity index (χ1) is 5.81. The van der Waals surface area contributed by atoms with Crippen molar-refractivity contribution in [2.75, 3.05) is 0 Å². The van der Waals surface area contributed by atoms with Crippen molar-refractivity contribution < 1.29 is 13.2 Å². The maximum absolute atomic E-state index is 12.8. The summed E-state index contributed by atoms with van der Waals surface area (Å²) in [6.07, 6.45) is 4.09. The van der Waals surface area contributed by atoms with Gasteiger partial charge in [0, 0.05) is 0 Å². The van der Waals surface area contributed by atoms with E-state index in [-0.39, 0.29) is 0 Å². The Kier molecular flexibility index (Phi) is 5.15. The summed E-state index contributed by atoms with van der Waals surface area (Å²) in [5, 5.41) is -7.36. The van der Waals surface area contributed by atoms with Gasteiger partial charge in [0.1, 0.15) is 0 Å². The maximum atomic E-state index is 12.8. The zero-order chi connectivity index (χ0) is 10.5. The van der Waals surface area contributed by atoms with Gasteiger partial charge in [-0.25, -0.2) is 4.39 Å². The predicted octanol–water partition coefficient (Wildman–Crippen LogP) is 4.47. The van der Waals surface area contributed by atoms with Gasteiger partial charge in [0.15, 0.2) is 0 Å². The summed E-state index contributed by atoms with van der Waals surface area (Å²) in [4.78, 5) is 0. The standard InChI is InChI=1S/C8H11Cl2F3/c1-2-3-4-5-6-7(9,11)8(10,12)13/h5-6H,2-4H2,1H3/b6-5+. The molecule has 0 aliphatic rings. The third-order valence-electron chi connectivity index (χ3n) is 1.43. The number of alkyl halides is 5. The normalized spacial score (nSPS) is 17.7. The van der Waals surface area contributed by atoms with E-state index in [2.05, 4.69) is 11.6 Å². The van der Waals surface area contributed by atoms with Crippen LogP contribution in [0, 0.1) is 0 Å². The van der Waals surface area contributed by atoms with Crippen molar-refractivity contribution >= 4 is 23.2 Å². The molecule has 0 aliphatic carbocycles. The second kappa shape index (κ2) is 5.11. The van der Waals surface area contributed by atoms with Gasteiger partial charge in [0.2, 0.25) is 0 Å². The van der Waals surface area contributed by atoms with Gasteiger partial charge in [-0.15, -0.1) is 0 Å². The van der Waals surface area contributed by atoms with Crippen LogP contribution < -0.4 is 0 Å². The van der Waals surface area contributed by atoms with E-state index in [1.165, 1.54) is 6.08 Å². The third kappa shape index (κ3) is 4.77. The van der Waals surface area contributed by atoms with Gasteiger partial charge in [-0.3, -0.25) is 0 Å². The fourth-order valence-corrected chi connectivity index (χ4v) is 0.800. The Morgan fingerprint density at radius 2 is 1.77 bits per heavy atom. The molecule has 0 bridgehead atoms. The Morgan fingerprint density at radius 1 is 1.23 bits per heavy atom. The molecule has 0 aromatic rings. The molecule has 0 rings (SSSR count). The van der Waals surface area contributed by atoms with E-state index >= 15 is 0 Å². The molecule has 0 saturated heterocycles. The van der Waals surface area contributed by atoms with Gasteiger partial charge >= 0.3 is 5.38 Å². The van der Waals surface area contributed by atoms with Crippen LogP contribution in [0.15, 0.2) is 12.2 Å². The molecular weight excluding hydrogens is 224 g/mol. The van der Waals surface area contributed by atoms with Crippen LogP contribution in [0.3, 0.4) is 0 Å². The van der Waals surface area contributed by atoms with Gasteiger partial charge in [0.25, 0.3) is 5.13 Å². The number of allylic oxidation sites excluding steroid dienone is 2. The van der Waals surface area contributed by atoms with Crippen LogP contribution >= 0.6 is 23.2 Å². The van der Waals surface area contributed by atoms with Gasteiger partial charge in [0.05, 0.1) is 0 Å². The highest BCUT2D eigenvalue weighted by molar-refractivity contribution is 6.33. The third-order valence-corrected chi connectivity index (χ3v) is 2.16. The van der Waals surface area contributed by atoms with Gasteiger partial charge in [-0.1, -0.05) is 37.4 Å². The molecule has 5 heteroatoms. The number of rotatable bonds is 5. The molecule has 0 heterocycles. The topological polar surface area (TPSA) is 0 Å². The molecule has 0 fully saturated rings. The maximum Gasteiger partial charge on any atom is 0.372 e. The van der Waals surface area contributed by atoms with Crippen molar-refractivity contribution in [1.82, 2.24) is 0 Å². The molecule has 0 amide bonds.